The second kappa shape index (κ2) is 11.4. The van der Waals surface area contributed by atoms with Crippen molar-refractivity contribution < 1.29 is 0 Å². The lowest BCUT2D eigenvalue weighted by atomic mass is 10.4. The molecule has 7 heteroatoms. The first-order valence-electron chi connectivity index (χ1n) is 11.3. The van der Waals surface area contributed by atoms with E-state index in [-0.39, 0.29) is 0 Å². The lowest BCUT2D eigenvalue weighted by Gasteiger charge is -2.30. The summed E-state index contributed by atoms with van der Waals surface area (Å²) in [4.78, 5) is 0. The first-order valence-corrected chi connectivity index (χ1v) is 15.6. The lowest BCUT2D eigenvalue weighted by Crippen LogP contribution is -2.35. The number of hydrogen-bond acceptors (Lipinski definition) is 3. The zero-order valence-corrected chi connectivity index (χ0v) is 23.1. The molecule has 3 nitrogen and oxygen atoms in total. The molecular weight excluding hydrogens is 504 g/mol. The molecule has 0 saturated heterocycles. The van der Waals surface area contributed by atoms with E-state index in [1.807, 2.05) is 38.4 Å². The van der Waals surface area contributed by atoms with Crippen molar-refractivity contribution in [3.05, 3.63) is 121 Å². The van der Waals surface area contributed by atoms with E-state index < -0.39 is 14.5 Å². The summed E-state index contributed by atoms with van der Waals surface area (Å²) in [5.41, 5.74) is 0. The molecule has 0 aromatic heterocycles. The highest BCUT2D eigenvalue weighted by Gasteiger charge is 2.52. The summed E-state index contributed by atoms with van der Waals surface area (Å²) in [6.45, 7) is 0. The second-order valence-corrected chi connectivity index (χ2v) is 15.5. The van der Waals surface area contributed by atoms with E-state index in [0.717, 1.165) is 30.7 Å². The van der Waals surface area contributed by atoms with Crippen LogP contribution in [0.25, 0.3) is 0 Å². The number of hydrogen-bond donors (Lipinski definition) is 2. The molecule has 176 valence electrons. The average molecular weight is 533 g/mol. The first kappa shape index (κ1) is 25.4. The molecule has 0 saturated carbocycles. The van der Waals surface area contributed by atoms with Gasteiger partial charge in [0.2, 0.25) is 0 Å². The summed E-state index contributed by atoms with van der Waals surface area (Å²) in [6, 6.07) is 41.7. The molecule has 4 rings (SSSR count). The van der Waals surface area contributed by atoms with Crippen LogP contribution in [0.2, 0.25) is 0 Å². The fraction of sp³-hybridized carbons (Fsp3) is 0.0714. The summed E-state index contributed by atoms with van der Waals surface area (Å²) in [5.74, 6) is 0. The van der Waals surface area contributed by atoms with Crippen molar-refractivity contribution in [2.75, 3.05) is 14.1 Å². The molecule has 0 heterocycles. The van der Waals surface area contributed by atoms with Crippen LogP contribution < -0.4 is 31.9 Å². The molecular formula is C28H28N3P2S2+. The van der Waals surface area contributed by atoms with Gasteiger partial charge in [-0.2, -0.15) is 0 Å². The van der Waals surface area contributed by atoms with Gasteiger partial charge in [-0.3, -0.25) is 0 Å². The fourth-order valence-electron chi connectivity index (χ4n) is 4.15. The zero-order valence-electron chi connectivity index (χ0n) is 19.7. The molecule has 0 fully saturated rings. The number of nitrogens with one attached hydrogen (secondary N) is 2. The van der Waals surface area contributed by atoms with Gasteiger partial charge in [0.1, 0.15) is 22.4 Å². The second-order valence-electron chi connectivity index (χ2n) is 7.81. The molecule has 0 aliphatic carbocycles. The fourth-order valence-corrected chi connectivity index (χ4v) is 14.6. The molecule has 0 unspecified atom stereocenters. The molecule has 4 aromatic rings. The van der Waals surface area contributed by atoms with Gasteiger partial charge in [0.15, 0.2) is 0 Å². The van der Waals surface area contributed by atoms with Gasteiger partial charge >= 0.3 is 0 Å². The minimum Gasteiger partial charge on any atom is -0.377 e. The van der Waals surface area contributed by atoms with Gasteiger partial charge in [0.25, 0.3) is 12.1 Å². The number of nitrogens with zero attached hydrogens (tertiary/aromatic N) is 1. The Morgan fingerprint density at radius 2 is 0.971 bits per heavy atom. The van der Waals surface area contributed by atoms with Gasteiger partial charge in [-0.05, 0) is 36.5 Å². The average Bonchev–Trinajstić information content (AvgIpc) is 2.95. The minimum absolute atomic E-state index is 0.727. The van der Waals surface area contributed by atoms with Crippen LogP contribution in [0.4, 0.5) is 0 Å². The van der Waals surface area contributed by atoms with Gasteiger partial charge < -0.3 is 10.6 Å². The lowest BCUT2D eigenvalue weighted by molar-refractivity contribution is 1.23. The SMILES string of the molecule is CNC(=S)P(=N[P+](C(=S)NC)(c1ccccc1)c1ccccc1)(c1ccccc1)c1ccccc1. The highest BCUT2D eigenvalue weighted by molar-refractivity contribution is 8.18. The van der Waals surface area contributed by atoms with Crippen LogP contribution in [0.5, 0.6) is 0 Å². The Kier molecular flexibility index (Phi) is 8.26. The van der Waals surface area contributed by atoms with Crippen molar-refractivity contribution in [3.8, 4) is 0 Å². The smallest absolute Gasteiger partial charge is 0.257 e. The van der Waals surface area contributed by atoms with E-state index in [1.54, 1.807) is 0 Å². The third-order valence-electron chi connectivity index (χ3n) is 5.80. The number of benzene rings is 4. The van der Waals surface area contributed by atoms with Crippen LogP contribution in [-0.4, -0.2) is 23.6 Å². The van der Waals surface area contributed by atoms with E-state index in [9.17, 15) is 0 Å². The maximum Gasteiger partial charge on any atom is 0.257 e. The monoisotopic (exact) mass is 532 g/mol. The number of thiocarbonyl (C=S) groups is 2. The van der Waals surface area contributed by atoms with Crippen molar-refractivity contribution >= 4 is 69.6 Å². The van der Waals surface area contributed by atoms with Gasteiger partial charge in [-0.25, -0.2) is 0 Å². The Balaban J connectivity index is 2.27. The molecule has 35 heavy (non-hydrogen) atoms. The predicted molar refractivity (Wildman–Crippen MR) is 164 cm³/mol. The molecule has 0 atom stereocenters. The van der Waals surface area contributed by atoms with Gasteiger partial charge in [0.05, 0.1) is 0 Å². The quantitative estimate of drug-likeness (QED) is 0.246. The largest absolute Gasteiger partial charge is 0.377 e. The zero-order chi connectivity index (χ0) is 24.7. The summed E-state index contributed by atoms with van der Waals surface area (Å²) in [7, 11) is -1.51. The Labute approximate surface area is 219 Å². The van der Waals surface area contributed by atoms with Crippen molar-refractivity contribution in [2.45, 2.75) is 0 Å². The van der Waals surface area contributed by atoms with Crippen LogP contribution in [0.1, 0.15) is 0 Å². The van der Waals surface area contributed by atoms with Crippen LogP contribution in [0.3, 0.4) is 0 Å². The molecule has 0 amide bonds. The Bertz CT molecular complexity index is 1260. The molecule has 2 N–H and O–H groups in total. The van der Waals surface area contributed by atoms with Crippen LogP contribution >= 0.6 is 38.9 Å². The Morgan fingerprint density at radius 3 is 1.31 bits per heavy atom. The third kappa shape index (κ3) is 4.75. The van der Waals surface area contributed by atoms with Crippen LogP contribution in [-0.2, 0) is 0 Å². The van der Waals surface area contributed by atoms with Crippen LogP contribution in [0, 0.1) is 0 Å². The molecule has 0 bridgehead atoms. The first-order chi connectivity index (χ1) is 17.1. The van der Waals surface area contributed by atoms with Crippen LogP contribution in [0.15, 0.2) is 126 Å². The minimum atomic E-state index is -2.64. The third-order valence-corrected chi connectivity index (χ3v) is 15.7. The van der Waals surface area contributed by atoms with E-state index in [0.29, 0.717) is 0 Å². The van der Waals surface area contributed by atoms with Crippen molar-refractivity contribution in [1.29, 1.82) is 0 Å². The van der Waals surface area contributed by atoms with Gasteiger partial charge in [-0.15, -0.1) is 4.52 Å². The van der Waals surface area contributed by atoms with Gasteiger partial charge in [-0.1, -0.05) is 109 Å². The molecule has 0 aliphatic rings. The molecule has 0 radical (unpaired) electrons. The molecule has 0 aliphatic heterocycles. The number of rotatable bonds is 7. The van der Waals surface area contributed by atoms with Crippen molar-refractivity contribution in [2.24, 2.45) is 4.52 Å². The van der Waals surface area contributed by atoms with Gasteiger partial charge in [0, 0.05) is 24.7 Å². The van der Waals surface area contributed by atoms with E-state index in [4.69, 9.17) is 29.0 Å². The summed E-state index contributed by atoms with van der Waals surface area (Å²) in [6.07, 6.45) is 0. The summed E-state index contributed by atoms with van der Waals surface area (Å²) < 4.78 is 7.43. The maximum absolute atomic E-state index is 6.14. The Morgan fingerprint density at radius 1 is 0.600 bits per heavy atom. The predicted octanol–water partition coefficient (Wildman–Crippen LogP) is 5.43. The Hall–Kier alpha value is -2.68. The normalized spacial score (nSPS) is 11.4. The standard InChI is InChI=1S/C28H27N3P2S2/c1-29-27(34)32(23-15-7-3-8-16-23,24-17-9-4-10-18-24)31-33(28(35)30-2,25-19-11-5-12-20-25)26-21-13-6-14-22-26/h3-22H,1-2H3,(H-,29,30,34,35)/p+1. The summed E-state index contributed by atoms with van der Waals surface area (Å²) in [5, 5.41) is 11.0. The highest BCUT2D eigenvalue weighted by Crippen LogP contribution is 2.67. The molecule has 0 spiro atoms. The highest BCUT2D eigenvalue weighted by atomic mass is 32.1. The van der Waals surface area contributed by atoms with Crippen molar-refractivity contribution in [3.63, 3.8) is 0 Å². The van der Waals surface area contributed by atoms with E-state index in [2.05, 4.69) is 108 Å². The maximum atomic E-state index is 6.14. The van der Waals surface area contributed by atoms with E-state index >= 15 is 0 Å². The molecule has 4 aromatic carbocycles. The topological polar surface area (TPSA) is 36.4 Å². The van der Waals surface area contributed by atoms with E-state index in [1.165, 1.54) is 0 Å². The van der Waals surface area contributed by atoms with Crippen molar-refractivity contribution in [1.82, 2.24) is 10.6 Å². The summed E-state index contributed by atoms with van der Waals surface area (Å²) >= 11 is 12.3.